The number of benzene rings is 2. The minimum atomic E-state index is 0.0383. The summed E-state index contributed by atoms with van der Waals surface area (Å²) in [5.74, 6) is 2.40. The molecule has 0 saturated heterocycles. The molecule has 0 saturated carbocycles. The summed E-state index contributed by atoms with van der Waals surface area (Å²) < 4.78 is 17.5. The summed E-state index contributed by atoms with van der Waals surface area (Å²) in [6.07, 6.45) is 0. The van der Waals surface area contributed by atoms with Crippen LogP contribution in [0.5, 0.6) is 17.2 Å². The number of hydrogen-bond acceptors (Lipinski definition) is 5. The maximum absolute atomic E-state index is 9.41. The Bertz CT molecular complexity index is 818. The lowest BCUT2D eigenvalue weighted by molar-refractivity contribution is 0.219. The molecule has 0 unspecified atom stereocenters. The van der Waals surface area contributed by atoms with Crippen LogP contribution in [-0.2, 0) is 19.7 Å². The highest BCUT2D eigenvalue weighted by Gasteiger charge is 2.17. The Morgan fingerprint density at radius 3 is 2.71 bits per heavy atom. The Labute approximate surface area is 167 Å². The third-order valence-electron chi connectivity index (χ3n) is 4.55. The van der Waals surface area contributed by atoms with Gasteiger partial charge in [0, 0.05) is 25.2 Å². The molecule has 0 amide bonds. The van der Waals surface area contributed by atoms with E-state index >= 15 is 0 Å². The van der Waals surface area contributed by atoms with Crippen LogP contribution in [0.2, 0.25) is 0 Å². The lowest BCUT2D eigenvalue weighted by Crippen LogP contribution is -2.25. The second-order valence-corrected chi connectivity index (χ2v) is 7.12. The van der Waals surface area contributed by atoms with Crippen molar-refractivity contribution in [2.75, 3.05) is 26.4 Å². The molecule has 5 nitrogen and oxygen atoms in total. The highest BCUT2D eigenvalue weighted by Crippen LogP contribution is 2.30. The Hall–Kier alpha value is -2.50. The Balaban J connectivity index is 1.74. The summed E-state index contributed by atoms with van der Waals surface area (Å²) in [5.41, 5.74) is 4.14. The van der Waals surface area contributed by atoms with E-state index in [1.54, 1.807) is 0 Å². The molecule has 0 radical (unpaired) electrons. The number of rotatable bonds is 8. The maximum atomic E-state index is 9.41. The monoisotopic (exact) mass is 383 g/mol. The first kappa shape index (κ1) is 20.2. The van der Waals surface area contributed by atoms with Crippen LogP contribution in [0, 0.1) is 0 Å². The highest BCUT2D eigenvalue weighted by molar-refractivity contribution is 5.43. The molecular weight excluding hydrogens is 354 g/mol. The van der Waals surface area contributed by atoms with Crippen LogP contribution in [0.15, 0.2) is 48.6 Å². The Morgan fingerprint density at radius 1 is 1.14 bits per heavy atom. The molecule has 0 fully saturated rings. The molecule has 0 atom stereocenters. The summed E-state index contributed by atoms with van der Waals surface area (Å²) in [4.78, 5) is 2.34. The zero-order valence-electron chi connectivity index (χ0n) is 16.7. The lowest BCUT2D eigenvalue weighted by atomic mass is 10.1. The first-order chi connectivity index (χ1) is 13.6. The molecule has 1 aliphatic heterocycles. The van der Waals surface area contributed by atoms with Gasteiger partial charge in [-0.3, -0.25) is 4.90 Å². The molecule has 2 aromatic carbocycles. The number of hydrogen-bond donors (Lipinski definition) is 1. The van der Waals surface area contributed by atoms with Crippen LogP contribution in [0.1, 0.15) is 30.5 Å². The molecule has 3 rings (SSSR count). The molecule has 2 aromatic rings. The number of aliphatic hydroxyl groups is 1. The van der Waals surface area contributed by atoms with Crippen LogP contribution in [0.3, 0.4) is 0 Å². The van der Waals surface area contributed by atoms with E-state index in [0.717, 1.165) is 59.1 Å². The first-order valence-electron chi connectivity index (χ1n) is 9.69. The number of ether oxygens (including phenoxy) is 3. The van der Waals surface area contributed by atoms with Gasteiger partial charge < -0.3 is 19.3 Å². The largest absolute Gasteiger partial charge is 0.492 e. The summed E-state index contributed by atoms with van der Waals surface area (Å²) in [6.45, 7) is 11.9. The van der Waals surface area contributed by atoms with Crippen LogP contribution in [0.4, 0.5) is 0 Å². The van der Waals surface area contributed by atoms with Gasteiger partial charge in [-0.2, -0.15) is 0 Å². The topological polar surface area (TPSA) is 51.2 Å². The van der Waals surface area contributed by atoms with Gasteiger partial charge in [-0.1, -0.05) is 18.7 Å². The quantitative estimate of drug-likeness (QED) is 0.700. The molecule has 0 aromatic heterocycles. The molecule has 0 aliphatic carbocycles. The van der Waals surface area contributed by atoms with E-state index in [0.29, 0.717) is 19.8 Å². The van der Waals surface area contributed by atoms with Crippen LogP contribution in [0.25, 0.3) is 0 Å². The molecule has 0 spiro atoms. The minimum absolute atomic E-state index is 0.0383. The Kier molecular flexibility index (Phi) is 6.95. The van der Waals surface area contributed by atoms with Crippen molar-refractivity contribution in [3.8, 4) is 17.2 Å². The maximum Gasteiger partial charge on any atom is 0.161 e. The molecular formula is C23H29NO4. The van der Waals surface area contributed by atoms with Crippen molar-refractivity contribution >= 4 is 0 Å². The number of fused-ring (bicyclic) bond motifs is 1. The van der Waals surface area contributed by atoms with Crippen molar-refractivity contribution in [3.63, 3.8) is 0 Å². The fraction of sp³-hybridized carbons (Fsp3) is 0.391. The average Bonchev–Trinajstić information content (AvgIpc) is 2.88. The summed E-state index contributed by atoms with van der Waals surface area (Å²) >= 11 is 0. The molecule has 1 heterocycles. The molecule has 1 N–H and O–H groups in total. The third-order valence-corrected chi connectivity index (χ3v) is 4.55. The van der Waals surface area contributed by atoms with Crippen molar-refractivity contribution in [2.24, 2.45) is 0 Å². The number of nitrogens with zero attached hydrogens (tertiary/aromatic N) is 1. The van der Waals surface area contributed by atoms with Gasteiger partial charge in [-0.15, -0.1) is 0 Å². The van der Waals surface area contributed by atoms with Crippen LogP contribution in [-0.4, -0.2) is 36.4 Å². The Morgan fingerprint density at radius 2 is 1.96 bits per heavy atom. The predicted molar refractivity (Wildman–Crippen MR) is 110 cm³/mol. The fourth-order valence-electron chi connectivity index (χ4n) is 3.23. The van der Waals surface area contributed by atoms with Gasteiger partial charge in [0.2, 0.25) is 0 Å². The van der Waals surface area contributed by atoms with E-state index in [1.165, 1.54) is 0 Å². The van der Waals surface area contributed by atoms with E-state index in [-0.39, 0.29) is 6.61 Å². The van der Waals surface area contributed by atoms with Gasteiger partial charge in [0.05, 0.1) is 13.2 Å². The van der Waals surface area contributed by atoms with E-state index < -0.39 is 0 Å². The smallest absolute Gasteiger partial charge is 0.161 e. The van der Waals surface area contributed by atoms with Crippen LogP contribution >= 0.6 is 0 Å². The zero-order valence-corrected chi connectivity index (χ0v) is 16.7. The lowest BCUT2D eigenvalue weighted by Gasteiger charge is -2.21. The normalized spacial score (nSPS) is 14.0. The highest BCUT2D eigenvalue weighted by atomic mass is 16.5. The summed E-state index contributed by atoms with van der Waals surface area (Å²) in [6, 6.07) is 12.0. The number of aliphatic hydroxyl groups excluding tert-OH is 1. The van der Waals surface area contributed by atoms with Gasteiger partial charge in [0.25, 0.3) is 0 Å². The van der Waals surface area contributed by atoms with E-state index in [4.69, 9.17) is 14.2 Å². The van der Waals surface area contributed by atoms with E-state index in [9.17, 15) is 5.11 Å². The van der Waals surface area contributed by atoms with Gasteiger partial charge in [-0.25, -0.2) is 0 Å². The third kappa shape index (κ3) is 5.27. The SMILES string of the molecule is C=C(C)COc1ccc(CN2CCOc3ccc(CO)cc3C2)cc1OCC. The predicted octanol–water partition coefficient (Wildman–Crippen LogP) is 3.93. The van der Waals surface area contributed by atoms with Gasteiger partial charge >= 0.3 is 0 Å². The van der Waals surface area contributed by atoms with Crippen molar-refractivity contribution in [1.82, 2.24) is 4.90 Å². The molecule has 28 heavy (non-hydrogen) atoms. The summed E-state index contributed by atoms with van der Waals surface area (Å²) in [5, 5.41) is 9.41. The second kappa shape index (κ2) is 9.62. The molecule has 150 valence electrons. The van der Waals surface area contributed by atoms with E-state index in [1.807, 2.05) is 44.2 Å². The molecule has 0 bridgehead atoms. The standard InChI is InChI=1S/C23H29NO4/c1-4-26-23-12-18(5-8-22(23)28-16-17(2)3)13-24-9-10-27-21-7-6-19(15-25)11-20(21)14-24/h5-8,11-12,25H,2,4,9-10,13-16H2,1,3H3. The van der Waals surface area contributed by atoms with E-state index in [2.05, 4.69) is 17.5 Å². The first-order valence-corrected chi connectivity index (χ1v) is 9.69. The second-order valence-electron chi connectivity index (χ2n) is 7.12. The fourth-order valence-corrected chi connectivity index (χ4v) is 3.23. The van der Waals surface area contributed by atoms with Gasteiger partial charge in [-0.05, 0) is 54.8 Å². The van der Waals surface area contributed by atoms with Crippen molar-refractivity contribution in [3.05, 3.63) is 65.2 Å². The van der Waals surface area contributed by atoms with Gasteiger partial charge in [0.15, 0.2) is 11.5 Å². The van der Waals surface area contributed by atoms with Crippen molar-refractivity contribution in [2.45, 2.75) is 33.5 Å². The zero-order chi connectivity index (χ0) is 19.9. The minimum Gasteiger partial charge on any atom is -0.492 e. The molecule has 5 heteroatoms. The van der Waals surface area contributed by atoms with Crippen molar-refractivity contribution in [1.29, 1.82) is 0 Å². The summed E-state index contributed by atoms with van der Waals surface area (Å²) in [7, 11) is 0. The average molecular weight is 383 g/mol. The molecule has 1 aliphatic rings. The van der Waals surface area contributed by atoms with Crippen LogP contribution < -0.4 is 14.2 Å². The van der Waals surface area contributed by atoms with Gasteiger partial charge in [0.1, 0.15) is 19.0 Å². The van der Waals surface area contributed by atoms with Crippen molar-refractivity contribution < 1.29 is 19.3 Å².